The highest BCUT2D eigenvalue weighted by Crippen LogP contribution is 2.43. The Morgan fingerprint density at radius 1 is 1.16 bits per heavy atom. The van der Waals surface area contributed by atoms with Gasteiger partial charge in [0.2, 0.25) is 5.91 Å². The molecule has 9 heteroatoms. The predicted octanol–water partition coefficient (Wildman–Crippen LogP) is 6.04. The number of nitrogens with one attached hydrogen (secondary N) is 1. The van der Waals surface area contributed by atoms with E-state index < -0.39 is 17.8 Å². The Bertz CT molecular complexity index is 1530. The molecular weight excluding hydrogens is 508 g/mol. The molecule has 2 unspecified atom stereocenters. The fourth-order valence-corrected chi connectivity index (χ4v) is 6.27. The van der Waals surface area contributed by atoms with Crippen LogP contribution in [-0.2, 0) is 22.4 Å². The number of halogens is 1. The summed E-state index contributed by atoms with van der Waals surface area (Å²) in [6, 6.07) is 19.4. The lowest BCUT2D eigenvalue weighted by Crippen LogP contribution is -2.22. The van der Waals surface area contributed by atoms with Crippen LogP contribution in [0.4, 0.5) is 5.00 Å². The van der Waals surface area contributed by atoms with E-state index in [0.717, 1.165) is 23.3 Å². The molecule has 186 valence electrons. The number of hydrogen-bond donors (Lipinski definition) is 1. The monoisotopic (exact) mass is 530 g/mol. The van der Waals surface area contributed by atoms with E-state index in [1.165, 1.54) is 16.9 Å². The number of carbonyl (C=O) groups is 2. The smallest absolute Gasteiger partial charge is 0.341 e. The van der Waals surface area contributed by atoms with Crippen molar-refractivity contribution in [1.82, 2.24) is 9.97 Å². The number of nitriles is 1. The third-order valence-electron chi connectivity index (χ3n) is 6.47. The molecule has 2 heterocycles. The summed E-state index contributed by atoms with van der Waals surface area (Å²) in [5, 5.41) is 13.1. The number of para-hydroxylation sites is 2. The van der Waals surface area contributed by atoms with Crippen molar-refractivity contribution in [2.75, 3.05) is 11.9 Å². The number of ether oxygens (including phenoxy) is 1. The van der Waals surface area contributed by atoms with Crippen molar-refractivity contribution in [3.8, 4) is 6.07 Å². The zero-order valence-corrected chi connectivity index (χ0v) is 21.6. The minimum Gasteiger partial charge on any atom is -0.462 e. The first-order chi connectivity index (χ1) is 18.0. The third kappa shape index (κ3) is 4.93. The molecule has 7 nitrogen and oxygen atoms in total. The Balaban J connectivity index is 1.47. The molecule has 0 aliphatic heterocycles. The molecule has 0 bridgehead atoms. The van der Waals surface area contributed by atoms with Gasteiger partial charge >= 0.3 is 5.97 Å². The topological polar surface area (TPSA) is 105 Å². The quantitative estimate of drug-likeness (QED) is 0.305. The van der Waals surface area contributed by atoms with E-state index in [1.807, 2.05) is 24.3 Å². The van der Waals surface area contributed by atoms with E-state index in [1.54, 1.807) is 31.2 Å². The third-order valence-corrected chi connectivity index (χ3v) is 7.92. The first kappa shape index (κ1) is 24.9. The number of amides is 1. The van der Waals surface area contributed by atoms with Gasteiger partial charge in [0.05, 0.1) is 29.3 Å². The molecule has 0 fully saturated rings. The van der Waals surface area contributed by atoms with Crippen molar-refractivity contribution in [3.05, 3.63) is 87.0 Å². The molecular formula is C28H23ClN4O3S. The highest BCUT2D eigenvalue weighted by Gasteiger charge is 2.33. The van der Waals surface area contributed by atoms with Crippen molar-refractivity contribution in [3.63, 3.8) is 0 Å². The summed E-state index contributed by atoms with van der Waals surface area (Å²) in [6.45, 7) is 1.96. The number of hydrogen-bond acceptors (Lipinski definition) is 7. The van der Waals surface area contributed by atoms with Crippen LogP contribution >= 0.6 is 22.9 Å². The molecule has 2 aromatic carbocycles. The Hall–Kier alpha value is -3.80. The fourth-order valence-electron chi connectivity index (χ4n) is 4.71. The molecule has 1 N–H and O–H groups in total. The lowest BCUT2D eigenvalue weighted by atomic mass is 9.83. The van der Waals surface area contributed by atoms with E-state index in [2.05, 4.69) is 27.4 Å². The number of anilines is 1. The molecule has 2 aromatic heterocycles. The molecule has 37 heavy (non-hydrogen) atoms. The summed E-state index contributed by atoms with van der Waals surface area (Å²) in [5.74, 6) is -2.09. The average molecular weight is 531 g/mol. The number of fused-ring (bicyclic) bond motifs is 2. The molecule has 0 spiro atoms. The van der Waals surface area contributed by atoms with E-state index in [9.17, 15) is 14.9 Å². The number of thiophene rings is 1. The normalized spacial score (nSPS) is 15.4. The van der Waals surface area contributed by atoms with Crippen LogP contribution in [0.2, 0.25) is 5.15 Å². The zero-order valence-electron chi connectivity index (χ0n) is 20.0. The first-order valence-corrected chi connectivity index (χ1v) is 13.2. The standard InChI is InChI=1S/C28H23ClN4O3S/c1-2-36-28(35)23-18-13-12-17(16-8-4-3-5-9-16)14-22(18)37-27(23)33-26(34)19(15-30)24-25(29)32-21-11-7-6-10-20(21)31-24/h3-11,17,19H,2,12-14H2,1H3,(H,33,34). The van der Waals surface area contributed by atoms with Crippen LogP contribution in [0.3, 0.4) is 0 Å². The Kier molecular flexibility index (Phi) is 7.17. The van der Waals surface area contributed by atoms with Crippen LogP contribution in [0, 0.1) is 11.3 Å². The number of nitrogens with zero attached hydrogens (tertiary/aromatic N) is 3. The lowest BCUT2D eigenvalue weighted by molar-refractivity contribution is -0.116. The van der Waals surface area contributed by atoms with Gasteiger partial charge < -0.3 is 10.1 Å². The maximum atomic E-state index is 13.4. The second-order valence-electron chi connectivity index (χ2n) is 8.72. The molecule has 5 rings (SSSR count). The van der Waals surface area contributed by atoms with Gasteiger partial charge in [-0.25, -0.2) is 14.8 Å². The maximum Gasteiger partial charge on any atom is 0.341 e. The second kappa shape index (κ2) is 10.7. The summed E-state index contributed by atoms with van der Waals surface area (Å²) < 4.78 is 5.33. The SMILES string of the molecule is CCOC(=O)c1c(NC(=O)C(C#N)c2nc3ccccc3nc2Cl)sc2c1CCC(c1ccccc1)C2. The van der Waals surface area contributed by atoms with Gasteiger partial charge in [0.25, 0.3) is 0 Å². The molecule has 1 aliphatic carbocycles. The van der Waals surface area contributed by atoms with Crippen molar-refractivity contribution in [1.29, 1.82) is 5.26 Å². The van der Waals surface area contributed by atoms with Crippen LogP contribution in [0.1, 0.15) is 57.2 Å². The van der Waals surface area contributed by atoms with Gasteiger partial charge in [0.1, 0.15) is 10.7 Å². The Morgan fingerprint density at radius 3 is 2.57 bits per heavy atom. The van der Waals surface area contributed by atoms with Gasteiger partial charge in [-0.3, -0.25) is 4.79 Å². The van der Waals surface area contributed by atoms with Gasteiger partial charge in [0, 0.05) is 4.88 Å². The molecule has 4 aromatic rings. The van der Waals surface area contributed by atoms with Crippen molar-refractivity contribution >= 4 is 50.8 Å². The highest BCUT2D eigenvalue weighted by atomic mass is 35.5. The number of aromatic nitrogens is 2. The summed E-state index contributed by atoms with van der Waals surface area (Å²) in [6.07, 6.45) is 2.34. The molecule has 0 radical (unpaired) electrons. The Morgan fingerprint density at radius 2 is 1.86 bits per heavy atom. The van der Waals surface area contributed by atoms with Gasteiger partial charge in [-0.05, 0) is 55.4 Å². The van der Waals surface area contributed by atoms with Gasteiger partial charge in [-0.2, -0.15) is 5.26 Å². The molecule has 1 amide bonds. The van der Waals surface area contributed by atoms with Crippen molar-refractivity contribution < 1.29 is 14.3 Å². The van der Waals surface area contributed by atoms with E-state index >= 15 is 0 Å². The lowest BCUT2D eigenvalue weighted by Gasteiger charge is -2.23. The minimum atomic E-state index is -1.31. The first-order valence-electron chi connectivity index (χ1n) is 12.0. The maximum absolute atomic E-state index is 13.4. The number of benzene rings is 2. The van der Waals surface area contributed by atoms with Gasteiger partial charge in [0.15, 0.2) is 11.1 Å². The summed E-state index contributed by atoms with van der Waals surface area (Å²) in [5.41, 5.74) is 3.69. The van der Waals surface area contributed by atoms with E-state index in [0.29, 0.717) is 33.9 Å². The zero-order chi connectivity index (χ0) is 25.9. The van der Waals surface area contributed by atoms with E-state index in [-0.39, 0.29) is 17.5 Å². The summed E-state index contributed by atoms with van der Waals surface area (Å²) >= 11 is 7.69. The van der Waals surface area contributed by atoms with Gasteiger partial charge in [-0.15, -0.1) is 11.3 Å². The van der Waals surface area contributed by atoms with Crippen LogP contribution in [-0.4, -0.2) is 28.5 Å². The molecule has 1 aliphatic rings. The van der Waals surface area contributed by atoms with Gasteiger partial charge in [-0.1, -0.05) is 54.1 Å². The average Bonchev–Trinajstić information content (AvgIpc) is 3.27. The van der Waals surface area contributed by atoms with Crippen molar-refractivity contribution in [2.45, 2.75) is 38.0 Å². The molecule has 0 saturated carbocycles. The summed E-state index contributed by atoms with van der Waals surface area (Å²) in [7, 11) is 0. The van der Waals surface area contributed by atoms with Crippen molar-refractivity contribution in [2.24, 2.45) is 0 Å². The number of rotatable bonds is 6. The fraction of sp³-hybridized carbons (Fsp3) is 0.250. The number of carbonyl (C=O) groups excluding carboxylic acids is 2. The van der Waals surface area contributed by atoms with Crippen LogP contribution in [0.5, 0.6) is 0 Å². The molecule has 2 atom stereocenters. The number of esters is 1. The second-order valence-corrected chi connectivity index (χ2v) is 10.2. The Labute approximate surface area is 223 Å². The summed E-state index contributed by atoms with van der Waals surface area (Å²) in [4.78, 5) is 36.1. The van der Waals surface area contributed by atoms with E-state index in [4.69, 9.17) is 16.3 Å². The van der Waals surface area contributed by atoms with Crippen LogP contribution < -0.4 is 5.32 Å². The predicted molar refractivity (Wildman–Crippen MR) is 143 cm³/mol. The van der Waals surface area contributed by atoms with Crippen LogP contribution in [0.25, 0.3) is 11.0 Å². The highest BCUT2D eigenvalue weighted by molar-refractivity contribution is 7.17. The largest absolute Gasteiger partial charge is 0.462 e. The minimum absolute atomic E-state index is 0.0119. The van der Waals surface area contributed by atoms with Crippen LogP contribution in [0.15, 0.2) is 54.6 Å². The molecule has 0 saturated heterocycles.